The number of rotatable bonds is 6. The van der Waals surface area contributed by atoms with E-state index < -0.39 is 12.0 Å². The molecule has 0 amide bonds. The summed E-state index contributed by atoms with van der Waals surface area (Å²) >= 11 is 0. The Hall–Kier alpha value is -2.80. The number of hydrogen-bond donors (Lipinski definition) is 2. The quantitative estimate of drug-likeness (QED) is 0.853. The minimum atomic E-state index is -0.889. The van der Waals surface area contributed by atoms with Crippen molar-refractivity contribution in [2.24, 2.45) is 0 Å². The van der Waals surface area contributed by atoms with Gasteiger partial charge in [-0.1, -0.05) is 42.5 Å². The number of anilines is 1. The van der Waals surface area contributed by atoms with Gasteiger partial charge >= 0.3 is 5.97 Å². The summed E-state index contributed by atoms with van der Waals surface area (Å²) < 4.78 is 0. The molecule has 0 heterocycles. The number of benzene rings is 2. The Morgan fingerprint density at radius 3 is 2.33 bits per heavy atom. The number of carboxylic acids is 1. The van der Waals surface area contributed by atoms with Gasteiger partial charge in [0.25, 0.3) is 0 Å². The van der Waals surface area contributed by atoms with Gasteiger partial charge in [0.2, 0.25) is 0 Å². The van der Waals surface area contributed by atoms with Crippen LogP contribution in [-0.2, 0) is 17.6 Å². The SMILES string of the molecule is N#CCc1ccc(NC(Cc2ccccc2)C(=O)O)cc1. The number of carbonyl (C=O) groups is 1. The standard InChI is InChI=1S/C17H16N2O2/c18-11-10-13-6-8-15(9-7-13)19-16(17(20)21)12-14-4-2-1-3-5-14/h1-9,16,19H,10,12H2,(H,20,21). The molecule has 0 radical (unpaired) electrons. The van der Waals surface area contributed by atoms with Crippen molar-refractivity contribution < 1.29 is 9.90 Å². The van der Waals surface area contributed by atoms with Crippen molar-refractivity contribution in [3.8, 4) is 6.07 Å². The molecular formula is C17H16N2O2. The van der Waals surface area contributed by atoms with Crippen LogP contribution in [0.2, 0.25) is 0 Å². The topological polar surface area (TPSA) is 73.1 Å². The number of nitriles is 1. The van der Waals surface area contributed by atoms with Crippen LogP contribution in [0.4, 0.5) is 5.69 Å². The lowest BCUT2D eigenvalue weighted by molar-refractivity contribution is -0.137. The van der Waals surface area contributed by atoms with Crippen molar-refractivity contribution in [2.45, 2.75) is 18.9 Å². The normalized spacial score (nSPS) is 11.4. The summed E-state index contributed by atoms with van der Waals surface area (Å²) in [7, 11) is 0. The number of carboxylic acid groups (broad SMARTS) is 1. The second-order valence-electron chi connectivity index (χ2n) is 4.76. The van der Waals surface area contributed by atoms with E-state index in [0.29, 0.717) is 12.8 Å². The van der Waals surface area contributed by atoms with Crippen LogP contribution < -0.4 is 5.32 Å². The van der Waals surface area contributed by atoms with Crippen LogP contribution in [0.5, 0.6) is 0 Å². The van der Waals surface area contributed by atoms with Crippen LogP contribution >= 0.6 is 0 Å². The van der Waals surface area contributed by atoms with E-state index in [-0.39, 0.29) is 0 Å². The molecule has 0 fully saturated rings. The number of aliphatic carboxylic acids is 1. The minimum Gasteiger partial charge on any atom is -0.480 e. The third-order valence-electron chi connectivity index (χ3n) is 3.16. The molecule has 1 atom stereocenters. The Morgan fingerprint density at radius 1 is 1.10 bits per heavy atom. The summed E-state index contributed by atoms with van der Waals surface area (Å²) in [5.74, 6) is -0.889. The summed E-state index contributed by atoms with van der Waals surface area (Å²) in [6.45, 7) is 0. The van der Waals surface area contributed by atoms with Crippen molar-refractivity contribution in [2.75, 3.05) is 5.32 Å². The molecule has 2 rings (SSSR count). The lowest BCUT2D eigenvalue weighted by Crippen LogP contribution is -2.31. The second-order valence-corrected chi connectivity index (χ2v) is 4.76. The highest BCUT2D eigenvalue weighted by atomic mass is 16.4. The molecule has 0 spiro atoms. The molecule has 0 saturated heterocycles. The Labute approximate surface area is 123 Å². The van der Waals surface area contributed by atoms with Gasteiger partial charge in [-0.15, -0.1) is 0 Å². The van der Waals surface area contributed by atoms with E-state index in [1.165, 1.54) is 0 Å². The van der Waals surface area contributed by atoms with E-state index in [4.69, 9.17) is 5.26 Å². The highest BCUT2D eigenvalue weighted by molar-refractivity contribution is 5.77. The molecule has 0 bridgehead atoms. The number of nitrogens with one attached hydrogen (secondary N) is 1. The third kappa shape index (κ3) is 4.36. The minimum absolute atomic E-state index is 0.354. The summed E-state index contributed by atoms with van der Waals surface area (Å²) in [6.07, 6.45) is 0.767. The van der Waals surface area contributed by atoms with Crippen molar-refractivity contribution in [1.82, 2.24) is 0 Å². The van der Waals surface area contributed by atoms with Crippen LogP contribution in [0.25, 0.3) is 0 Å². The van der Waals surface area contributed by atoms with E-state index in [2.05, 4.69) is 11.4 Å². The van der Waals surface area contributed by atoms with E-state index >= 15 is 0 Å². The summed E-state index contributed by atoms with van der Waals surface area (Å²) in [5, 5.41) is 21.0. The molecular weight excluding hydrogens is 264 g/mol. The van der Waals surface area contributed by atoms with Crippen molar-refractivity contribution in [3.63, 3.8) is 0 Å². The molecule has 2 aromatic carbocycles. The van der Waals surface area contributed by atoms with Crippen LogP contribution in [0.1, 0.15) is 11.1 Å². The molecule has 106 valence electrons. The molecule has 0 aromatic heterocycles. The Balaban J connectivity index is 2.06. The van der Waals surface area contributed by atoms with Crippen molar-refractivity contribution in [1.29, 1.82) is 5.26 Å². The zero-order chi connectivity index (χ0) is 15.1. The van der Waals surface area contributed by atoms with Crippen LogP contribution in [-0.4, -0.2) is 17.1 Å². The maximum Gasteiger partial charge on any atom is 0.326 e. The van der Waals surface area contributed by atoms with Crippen LogP contribution in [0.15, 0.2) is 54.6 Å². The van der Waals surface area contributed by atoms with Gasteiger partial charge in [0.1, 0.15) is 6.04 Å². The maximum absolute atomic E-state index is 11.4. The van der Waals surface area contributed by atoms with Gasteiger partial charge in [0.05, 0.1) is 12.5 Å². The Morgan fingerprint density at radius 2 is 1.76 bits per heavy atom. The van der Waals surface area contributed by atoms with Crippen molar-refractivity contribution >= 4 is 11.7 Å². The lowest BCUT2D eigenvalue weighted by atomic mass is 10.1. The van der Waals surface area contributed by atoms with Gasteiger partial charge in [-0.25, -0.2) is 4.79 Å². The average molecular weight is 280 g/mol. The zero-order valence-corrected chi connectivity index (χ0v) is 11.5. The highest BCUT2D eigenvalue weighted by Crippen LogP contribution is 2.13. The van der Waals surface area contributed by atoms with Gasteiger partial charge in [-0.05, 0) is 23.3 Å². The first kappa shape index (κ1) is 14.6. The molecule has 0 aliphatic heterocycles. The monoisotopic (exact) mass is 280 g/mol. The molecule has 0 aliphatic rings. The van der Waals surface area contributed by atoms with E-state index in [0.717, 1.165) is 16.8 Å². The fraction of sp³-hybridized carbons (Fsp3) is 0.176. The van der Waals surface area contributed by atoms with E-state index in [1.54, 1.807) is 12.1 Å². The summed E-state index contributed by atoms with van der Waals surface area (Å²) in [5.41, 5.74) is 2.62. The molecule has 4 heteroatoms. The molecule has 4 nitrogen and oxygen atoms in total. The largest absolute Gasteiger partial charge is 0.480 e. The first-order chi connectivity index (χ1) is 10.2. The summed E-state index contributed by atoms with van der Waals surface area (Å²) in [6, 6.07) is 18.2. The second kappa shape index (κ2) is 7.11. The smallest absolute Gasteiger partial charge is 0.326 e. The molecule has 0 aliphatic carbocycles. The lowest BCUT2D eigenvalue weighted by Gasteiger charge is -2.16. The molecule has 0 saturated carbocycles. The molecule has 21 heavy (non-hydrogen) atoms. The fourth-order valence-electron chi connectivity index (χ4n) is 2.06. The van der Waals surface area contributed by atoms with E-state index in [1.807, 2.05) is 42.5 Å². The van der Waals surface area contributed by atoms with Gasteiger partial charge in [0, 0.05) is 12.1 Å². The first-order valence-corrected chi connectivity index (χ1v) is 6.68. The molecule has 2 N–H and O–H groups in total. The van der Waals surface area contributed by atoms with Crippen LogP contribution in [0.3, 0.4) is 0 Å². The predicted molar refractivity (Wildman–Crippen MR) is 81.0 cm³/mol. The zero-order valence-electron chi connectivity index (χ0n) is 11.5. The summed E-state index contributed by atoms with van der Waals surface area (Å²) in [4.78, 5) is 11.4. The van der Waals surface area contributed by atoms with Crippen molar-refractivity contribution in [3.05, 3.63) is 65.7 Å². The third-order valence-corrected chi connectivity index (χ3v) is 3.16. The Bertz CT molecular complexity index is 630. The van der Waals surface area contributed by atoms with Gasteiger partial charge < -0.3 is 10.4 Å². The molecule has 1 unspecified atom stereocenters. The Kier molecular flexibility index (Phi) is 4.94. The van der Waals surface area contributed by atoms with Gasteiger partial charge in [0.15, 0.2) is 0 Å². The highest BCUT2D eigenvalue weighted by Gasteiger charge is 2.17. The molecule has 2 aromatic rings. The van der Waals surface area contributed by atoms with Gasteiger partial charge in [-0.3, -0.25) is 0 Å². The number of nitrogens with zero attached hydrogens (tertiary/aromatic N) is 1. The van der Waals surface area contributed by atoms with Gasteiger partial charge in [-0.2, -0.15) is 5.26 Å². The van der Waals surface area contributed by atoms with E-state index in [9.17, 15) is 9.90 Å². The van der Waals surface area contributed by atoms with Crippen LogP contribution in [0, 0.1) is 11.3 Å². The first-order valence-electron chi connectivity index (χ1n) is 6.68. The maximum atomic E-state index is 11.4. The number of hydrogen-bond acceptors (Lipinski definition) is 3. The predicted octanol–water partition coefficient (Wildman–Crippen LogP) is 2.86. The average Bonchev–Trinajstić information content (AvgIpc) is 2.50. The fourth-order valence-corrected chi connectivity index (χ4v) is 2.06.